The van der Waals surface area contributed by atoms with Crippen LogP contribution in [0.2, 0.25) is 0 Å². The first kappa shape index (κ1) is 22.8. The zero-order chi connectivity index (χ0) is 23.3. The van der Waals surface area contributed by atoms with E-state index in [-0.39, 0.29) is 5.56 Å². The van der Waals surface area contributed by atoms with E-state index in [1.54, 1.807) is 30.5 Å². The van der Waals surface area contributed by atoms with Crippen molar-refractivity contribution in [2.24, 2.45) is 5.92 Å². The van der Waals surface area contributed by atoms with Crippen molar-refractivity contribution in [3.63, 3.8) is 0 Å². The molecule has 3 aromatic rings. The smallest absolute Gasteiger partial charge is 0.264 e. The Labute approximate surface area is 193 Å². The fourth-order valence-electron chi connectivity index (χ4n) is 3.41. The molecule has 2 aromatic carbocycles. The summed E-state index contributed by atoms with van der Waals surface area (Å²) in [7, 11) is -3.60. The molecule has 0 atom stereocenters. The van der Waals surface area contributed by atoms with Crippen LogP contribution in [0.5, 0.6) is 11.6 Å². The number of benzene rings is 2. The average Bonchev–Trinajstić information content (AvgIpc) is 2.76. The lowest BCUT2D eigenvalue weighted by Gasteiger charge is -2.24. The lowest BCUT2D eigenvalue weighted by Crippen LogP contribution is -2.29. The van der Waals surface area contributed by atoms with Gasteiger partial charge >= 0.3 is 0 Å². The summed E-state index contributed by atoms with van der Waals surface area (Å²) in [6.45, 7) is 1.04. The average molecular weight is 467 g/mol. The first-order valence-corrected chi connectivity index (χ1v) is 12.7. The Bertz CT molecular complexity index is 1200. The summed E-state index contributed by atoms with van der Waals surface area (Å²) in [6.07, 6.45) is 6.53. The highest BCUT2D eigenvalue weighted by molar-refractivity contribution is 7.89. The molecular weight excluding hydrogens is 440 g/mol. The Morgan fingerprint density at radius 2 is 1.82 bits per heavy atom. The third-order valence-corrected chi connectivity index (χ3v) is 6.05. The molecule has 0 aliphatic heterocycles. The van der Waals surface area contributed by atoms with Crippen molar-refractivity contribution in [3.05, 3.63) is 78.0 Å². The zero-order valence-corrected chi connectivity index (χ0v) is 19.2. The van der Waals surface area contributed by atoms with Gasteiger partial charge < -0.3 is 9.47 Å². The highest BCUT2D eigenvalue weighted by Crippen LogP contribution is 2.28. The molecule has 0 bridgehead atoms. The van der Waals surface area contributed by atoms with Gasteiger partial charge in [-0.25, -0.2) is 18.1 Å². The van der Waals surface area contributed by atoms with E-state index >= 15 is 0 Å². The van der Waals surface area contributed by atoms with Crippen LogP contribution >= 0.6 is 0 Å². The lowest BCUT2D eigenvalue weighted by molar-refractivity contribution is 0.0981. The predicted molar refractivity (Wildman–Crippen MR) is 126 cm³/mol. The number of nitrogens with one attached hydrogen (secondary N) is 1. The maximum absolute atomic E-state index is 11.9. The van der Waals surface area contributed by atoms with E-state index in [1.165, 1.54) is 19.3 Å². The number of carbonyl (C=O) groups is 1. The molecule has 1 heterocycles. The van der Waals surface area contributed by atoms with Crippen LogP contribution in [0.4, 0.5) is 0 Å². The molecule has 1 aliphatic rings. The van der Waals surface area contributed by atoms with E-state index in [9.17, 15) is 13.2 Å². The van der Waals surface area contributed by atoms with Gasteiger partial charge in [-0.1, -0.05) is 30.7 Å². The van der Waals surface area contributed by atoms with Gasteiger partial charge in [0.2, 0.25) is 15.9 Å². The van der Waals surface area contributed by atoms with Gasteiger partial charge in [-0.15, -0.1) is 0 Å². The minimum atomic E-state index is -3.60. The Morgan fingerprint density at radius 1 is 1.03 bits per heavy atom. The number of carbonyl (C=O) groups excluding carboxylic acids is 1. The van der Waals surface area contributed by atoms with Crippen LogP contribution in [0, 0.1) is 5.92 Å². The highest BCUT2D eigenvalue weighted by atomic mass is 32.2. The fraction of sp³-hybridized carbons (Fsp3) is 0.280. The second-order valence-corrected chi connectivity index (χ2v) is 9.96. The van der Waals surface area contributed by atoms with Crippen LogP contribution in [-0.4, -0.2) is 32.2 Å². The summed E-state index contributed by atoms with van der Waals surface area (Å²) in [4.78, 5) is 16.3. The molecule has 7 nitrogen and oxygen atoms in total. The van der Waals surface area contributed by atoms with Gasteiger partial charge in [0, 0.05) is 23.4 Å². The van der Waals surface area contributed by atoms with Gasteiger partial charge in [0.1, 0.15) is 12.4 Å². The molecule has 1 saturated carbocycles. The molecule has 8 heteroatoms. The number of rotatable bonds is 9. The minimum Gasteiger partial charge on any atom is -0.489 e. The predicted octanol–water partition coefficient (Wildman–Crippen LogP) is 4.20. The van der Waals surface area contributed by atoms with Crippen molar-refractivity contribution in [3.8, 4) is 22.8 Å². The third-order valence-electron chi connectivity index (χ3n) is 5.50. The standard InChI is InChI=1S/C25H26N2O5S/c1-33(29,30)27-25(28)20-10-8-19(9-11-20)16-31-23-7-3-6-21(14-23)22-12-13-24(26-15-22)32-17-18-4-2-5-18/h3,6-15,18H,2,4-5,16-17H2,1H3,(H,27,28). The fourth-order valence-corrected chi connectivity index (χ4v) is 3.87. The van der Waals surface area contributed by atoms with E-state index in [4.69, 9.17) is 9.47 Å². The molecule has 0 unspecified atom stereocenters. The van der Waals surface area contributed by atoms with Crippen molar-refractivity contribution < 1.29 is 22.7 Å². The molecule has 1 aromatic heterocycles. The summed E-state index contributed by atoms with van der Waals surface area (Å²) in [6, 6.07) is 18.2. The topological polar surface area (TPSA) is 94.6 Å². The van der Waals surface area contributed by atoms with E-state index in [2.05, 4.69) is 4.98 Å². The van der Waals surface area contributed by atoms with Gasteiger partial charge in [0.15, 0.2) is 0 Å². The molecule has 1 amide bonds. The Kier molecular flexibility index (Phi) is 6.93. The van der Waals surface area contributed by atoms with Gasteiger partial charge in [0.25, 0.3) is 5.91 Å². The SMILES string of the molecule is CS(=O)(=O)NC(=O)c1ccc(COc2cccc(-c3ccc(OCC4CCC4)nc3)c2)cc1. The normalized spacial score (nSPS) is 13.7. The molecule has 0 spiro atoms. The van der Waals surface area contributed by atoms with Crippen LogP contribution in [-0.2, 0) is 16.6 Å². The van der Waals surface area contributed by atoms with Gasteiger partial charge in [-0.3, -0.25) is 4.79 Å². The summed E-state index contributed by atoms with van der Waals surface area (Å²) in [5, 5.41) is 0. The van der Waals surface area contributed by atoms with Crippen LogP contribution in [0.25, 0.3) is 11.1 Å². The van der Waals surface area contributed by atoms with E-state index in [1.807, 2.05) is 41.1 Å². The molecule has 0 saturated heterocycles. The molecule has 1 N–H and O–H groups in total. The first-order chi connectivity index (χ1) is 15.9. The lowest BCUT2D eigenvalue weighted by atomic mass is 9.86. The quantitative estimate of drug-likeness (QED) is 0.508. The maximum atomic E-state index is 11.9. The number of pyridine rings is 1. The summed E-state index contributed by atoms with van der Waals surface area (Å²) >= 11 is 0. The monoisotopic (exact) mass is 466 g/mol. The number of hydrogen-bond acceptors (Lipinski definition) is 6. The third kappa shape index (κ3) is 6.55. The van der Waals surface area contributed by atoms with E-state index in [0.29, 0.717) is 24.2 Å². The molecule has 0 radical (unpaired) electrons. The number of nitrogens with zero attached hydrogens (tertiary/aromatic N) is 1. The first-order valence-electron chi connectivity index (χ1n) is 10.8. The Hall–Kier alpha value is -3.39. The van der Waals surface area contributed by atoms with Gasteiger partial charge in [-0.2, -0.15) is 0 Å². The maximum Gasteiger partial charge on any atom is 0.264 e. The Balaban J connectivity index is 1.34. The van der Waals surface area contributed by atoms with Crippen molar-refractivity contribution in [2.75, 3.05) is 12.9 Å². The summed E-state index contributed by atoms with van der Waals surface area (Å²) in [5.41, 5.74) is 3.07. The van der Waals surface area contributed by atoms with Crippen molar-refractivity contribution in [1.29, 1.82) is 0 Å². The zero-order valence-electron chi connectivity index (χ0n) is 18.4. The van der Waals surface area contributed by atoms with Crippen LogP contribution in [0.1, 0.15) is 35.2 Å². The minimum absolute atomic E-state index is 0.263. The number of sulfonamides is 1. The second kappa shape index (κ2) is 10.0. The molecule has 1 aliphatic carbocycles. The van der Waals surface area contributed by atoms with Gasteiger partial charge in [0.05, 0.1) is 12.9 Å². The van der Waals surface area contributed by atoms with Crippen molar-refractivity contribution in [1.82, 2.24) is 9.71 Å². The second-order valence-electron chi connectivity index (χ2n) is 8.21. The summed E-state index contributed by atoms with van der Waals surface area (Å²) < 4.78 is 36.0. The van der Waals surface area contributed by atoms with Crippen LogP contribution < -0.4 is 14.2 Å². The number of amides is 1. The number of hydrogen-bond donors (Lipinski definition) is 1. The van der Waals surface area contributed by atoms with E-state index in [0.717, 1.165) is 29.6 Å². The summed E-state index contributed by atoms with van der Waals surface area (Å²) in [5.74, 6) is 1.36. The van der Waals surface area contributed by atoms with Gasteiger partial charge in [-0.05, 0) is 60.2 Å². The number of ether oxygens (including phenoxy) is 2. The molecule has 172 valence electrons. The molecule has 33 heavy (non-hydrogen) atoms. The molecule has 4 rings (SSSR count). The van der Waals surface area contributed by atoms with E-state index < -0.39 is 15.9 Å². The molecule has 1 fully saturated rings. The molecular formula is C25H26N2O5S. The van der Waals surface area contributed by atoms with Crippen molar-refractivity contribution >= 4 is 15.9 Å². The van der Waals surface area contributed by atoms with Crippen LogP contribution in [0.3, 0.4) is 0 Å². The van der Waals surface area contributed by atoms with Crippen molar-refractivity contribution in [2.45, 2.75) is 25.9 Å². The van der Waals surface area contributed by atoms with Crippen LogP contribution in [0.15, 0.2) is 66.9 Å². The number of aromatic nitrogens is 1. The largest absolute Gasteiger partial charge is 0.489 e. The highest BCUT2D eigenvalue weighted by Gasteiger charge is 2.18. The Morgan fingerprint density at radius 3 is 2.45 bits per heavy atom.